The molecule has 8 nitrogen and oxygen atoms in total. The van der Waals surface area contributed by atoms with Gasteiger partial charge in [0, 0.05) is 50.9 Å². The van der Waals surface area contributed by atoms with Gasteiger partial charge in [-0.3, -0.25) is 4.99 Å². The molecule has 1 aromatic heterocycles. The number of benzene rings is 1. The highest BCUT2D eigenvalue weighted by Crippen LogP contribution is 2.24. The van der Waals surface area contributed by atoms with Crippen molar-refractivity contribution >= 4 is 11.6 Å². The maximum absolute atomic E-state index is 5.35. The molecule has 2 aliphatic rings. The number of hydrogen-bond acceptors (Lipinski definition) is 5. The Kier molecular flexibility index (Phi) is 6.17. The van der Waals surface area contributed by atoms with E-state index < -0.39 is 0 Å². The molecule has 0 spiro atoms. The van der Waals surface area contributed by atoms with E-state index >= 15 is 0 Å². The standard InChI is InChI=1S/C21H31N7O/c1-22-21(23-14-20-26-25-19-9-4-3-5-11-28(19)20)24-16-10-12-27(15-16)17-7-6-8-18(13-17)29-2/h6-8,13,16H,3-5,9-12,14-15H2,1-2H3,(H2,22,23,24). The highest BCUT2D eigenvalue weighted by molar-refractivity contribution is 5.80. The molecule has 2 N–H and O–H groups in total. The fourth-order valence-corrected chi connectivity index (χ4v) is 4.15. The summed E-state index contributed by atoms with van der Waals surface area (Å²) in [4.78, 5) is 6.79. The fourth-order valence-electron chi connectivity index (χ4n) is 4.15. The van der Waals surface area contributed by atoms with Gasteiger partial charge in [0.15, 0.2) is 11.8 Å². The predicted octanol–water partition coefficient (Wildman–Crippen LogP) is 1.96. The number of nitrogens with zero attached hydrogens (tertiary/aromatic N) is 5. The Balaban J connectivity index is 1.31. The second-order valence-electron chi connectivity index (χ2n) is 7.70. The normalized spacial score (nSPS) is 19.6. The molecule has 0 amide bonds. The maximum atomic E-state index is 5.35. The van der Waals surface area contributed by atoms with Crippen LogP contribution in [0, 0.1) is 0 Å². The van der Waals surface area contributed by atoms with E-state index in [1.54, 1.807) is 7.11 Å². The Morgan fingerprint density at radius 1 is 1.24 bits per heavy atom. The van der Waals surface area contributed by atoms with E-state index in [4.69, 9.17) is 4.74 Å². The summed E-state index contributed by atoms with van der Waals surface area (Å²) in [5.74, 6) is 3.82. The molecule has 3 heterocycles. The van der Waals surface area contributed by atoms with Gasteiger partial charge in [0.1, 0.15) is 11.6 Å². The summed E-state index contributed by atoms with van der Waals surface area (Å²) in [5.41, 5.74) is 1.20. The van der Waals surface area contributed by atoms with Gasteiger partial charge in [-0.15, -0.1) is 10.2 Å². The summed E-state index contributed by atoms with van der Waals surface area (Å²) in [7, 11) is 3.52. The second-order valence-corrected chi connectivity index (χ2v) is 7.70. The highest BCUT2D eigenvalue weighted by atomic mass is 16.5. The van der Waals surface area contributed by atoms with Crippen molar-refractivity contribution in [2.24, 2.45) is 4.99 Å². The molecule has 4 rings (SSSR count). The van der Waals surface area contributed by atoms with E-state index in [0.717, 1.165) is 55.8 Å². The summed E-state index contributed by atoms with van der Waals surface area (Å²) in [6.07, 6.45) is 5.78. The molecule has 0 radical (unpaired) electrons. The van der Waals surface area contributed by atoms with Crippen LogP contribution in [0.3, 0.4) is 0 Å². The van der Waals surface area contributed by atoms with E-state index in [-0.39, 0.29) is 0 Å². The second kappa shape index (κ2) is 9.15. The van der Waals surface area contributed by atoms with E-state index in [0.29, 0.717) is 12.6 Å². The predicted molar refractivity (Wildman–Crippen MR) is 115 cm³/mol. The molecule has 156 valence electrons. The molecule has 1 fully saturated rings. The minimum absolute atomic E-state index is 0.350. The molecule has 2 aliphatic heterocycles. The Morgan fingerprint density at radius 3 is 3.03 bits per heavy atom. The molecule has 1 saturated heterocycles. The van der Waals surface area contributed by atoms with Crippen LogP contribution in [-0.2, 0) is 19.5 Å². The molecule has 0 bridgehead atoms. The summed E-state index contributed by atoms with van der Waals surface area (Å²) in [5, 5.41) is 15.7. The van der Waals surface area contributed by atoms with Gasteiger partial charge in [-0.1, -0.05) is 12.5 Å². The zero-order valence-corrected chi connectivity index (χ0v) is 17.4. The van der Waals surface area contributed by atoms with Gasteiger partial charge in [0.2, 0.25) is 0 Å². The van der Waals surface area contributed by atoms with Gasteiger partial charge >= 0.3 is 0 Å². The van der Waals surface area contributed by atoms with Crippen LogP contribution in [0.5, 0.6) is 5.75 Å². The first kappa shape index (κ1) is 19.5. The van der Waals surface area contributed by atoms with Crippen LogP contribution in [0.2, 0.25) is 0 Å². The Bertz CT molecular complexity index is 847. The zero-order chi connectivity index (χ0) is 20.1. The van der Waals surface area contributed by atoms with Gasteiger partial charge in [0.25, 0.3) is 0 Å². The minimum atomic E-state index is 0.350. The van der Waals surface area contributed by atoms with Crippen LogP contribution in [0.1, 0.15) is 37.3 Å². The van der Waals surface area contributed by atoms with Gasteiger partial charge < -0.3 is 24.8 Å². The number of nitrogens with one attached hydrogen (secondary N) is 2. The molecular weight excluding hydrogens is 366 g/mol. The summed E-state index contributed by atoms with van der Waals surface area (Å²) >= 11 is 0. The number of hydrogen-bond donors (Lipinski definition) is 2. The van der Waals surface area contributed by atoms with Crippen molar-refractivity contribution < 1.29 is 4.74 Å². The van der Waals surface area contributed by atoms with Gasteiger partial charge in [-0.25, -0.2) is 0 Å². The summed E-state index contributed by atoms with van der Waals surface area (Å²) in [6, 6.07) is 8.59. The average molecular weight is 398 g/mol. The quantitative estimate of drug-likeness (QED) is 0.593. The SMILES string of the molecule is CN=C(NCc1nnc2n1CCCCC2)NC1CCN(c2cccc(OC)c2)C1. The molecule has 29 heavy (non-hydrogen) atoms. The molecule has 1 atom stereocenters. The first-order valence-corrected chi connectivity index (χ1v) is 10.5. The number of aromatic nitrogens is 3. The smallest absolute Gasteiger partial charge is 0.191 e. The molecule has 0 aliphatic carbocycles. The molecular formula is C21H31N7O. The van der Waals surface area contributed by atoms with Crippen LogP contribution < -0.4 is 20.3 Å². The van der Waals surface area contributed by atoms with E-state index in [1.165, 1.54) is 24.9 Å². The lowest BCUT2D eigenvalue weighted by atomic mass is 10.2. The highest BCUT2D eigenvalue weighted by Gasteiger charge is 2.24. The molecule has 8 heteroatoms. The number of guanidine groups is 1. The lowest BCUT2D eigenvalue weighted by Crippen LogP contribution is -2.44. The van der Waals surface area contributed by atoms with Crippen molar-refractivity contribution in [1.82, 2.24) is 25.4 Å². The Hall–Kier alpha value is -2.77. The van der Waals surface area contributed by atoms with Crippen LogP contribution in [0.25, 0.3) is 0 Å². The maximum Gasteiger partial charge on any atom is 0.191 e. The van der Waals surface area contributed by atoms with Crippen LogP contribution in [-0.4, -0.2) is 54.0 Å². The molecule has 0 saturated carbocycles. The first-order valence-electron chi connectivity index (χ1n) is 10.5. The largest absolute Gasteiger partial charge is 0.497 e. The van der Waals surface area contributed by atoms with Crippen LogP contribution in [0.15, 0.2) is 29.3 Å². The van der Waals surface area contributed by atoms with Gasteiger partial charge in [0.05, 0.1) is 13.7 Å². The van der Waals surface area contributed by atoms with E-state index in [9.17, 15) is 0 Å². The van der Waals surface area contributed by atoms with Crippen LogP contribution >= 0.6 is 0 Å². The first-order chi connectivity index (χ1) is 14.3. The number of fused-ring (bicyclic) bond motifs is 1. The third-order valence-corrected chi connectivity index (χ3v) is 5.77. The zero-order valence-electron chi connectivity index (χ0n) is 17.4. The number of anilines is 1. The van der Waals surface area contributed by atoms with Crippen LogP contribution in [0.4, 0.5) is 5.69 Å². The van der Waals surface area contributed by atoms with Crippen molar-refractivity contribution in [2.75, 3.05) is 32.1 Å². The number of aryl methyl sites for hydroxylation is 1. The third-order valence-electron chi connectivity index (χ3n) is 5.77. The number of methoxy groups -OCH3 is 1. The third kappa shape index (κ3) is 4.63. The molecule has 1 aromatic carbocycles. The average Bonchev–Trinajstić information content (AvgIpc) is 3.31. The lowest BCUT2D eigenvalue weighted by Gasteiger charge is -2.21. The van der Waals surface area contributed by atoms with E-state index in [1.807, 2.05) is 19.2 Å². The minimum Gasteiger partial charge on any atom is -0.497 e. The van der Waals surface area contributed by atoms with Crippen molar-refractivity contribution in [2.45, 2.75) is 51.2 Å². The molecule has 1 unspecified atom stereocenters. The molecule has 2 aromatic rings. The number of aliphatic imine (C=N–C) groups is 1. The number of ether oxygens (including phenoxy) is 1. The van der Waals surface area contributed by atoms with Crippen molar-refractivity contribution in [3.05, 3.63) is 35.9 Å². The van der Waals surface area contributed by atoms with Gasteiger partial charge in [-0.2, -0.15) is 0 Å². The van der Waals surface area contributed by atoms with Crippen molar-refractivity contribution in [3.8, 4) is 5.75 Å². The number of rotatable bonds is 5. The monoisotopic (exact) mass is 397 g/mol. The lowest BCUT2D eigenvalue weighted by molar-refractivity contribution is 0.415. The topological polar surface area (TPSA) is 79.6 Å². The summed E-state index contributed by atoms with van der Waals surface area (Å²) < 4.78 is 7.62. The van der Waals surface area contributed by atoms with Crippen molar-refractivity contribution in [3.63, 3.8) is 0 Å². The Morgan fingerprint density at radius 2 is 2.17 bits per heavy atom. The van der Waals surface area contributed by atoms with Gasteiger partial charge in [-0.05, 0) is 31.4 Å². The van der Waals surface area contributed by atoms with Crippen molar-refractivity contribution in [1.29, 1.82) is 0 Å². The van der Waals surface area contributed by atoms with E-state index in [2.05, 4.69) is 47.4 Å². The Labute approximate surface area is 172 Å². The fraction of sp³-hybridized carbons (Fsp3) is 0.571. The summed E-state index contributed by atoms with van der Waals surface area (Å²) in [6.45, 7) is 3.61.